The molecule has 0 aliphatic carbocycles. The zero-order chi connectivity index (χ0) is 11.4. The molecule has 0 fully saturated rings. The number of halogens is 1. The van der Waals surface area contributed by atoms with Gasteiger partial charge in [-0.3, -0.25) is 0 Å². The van der Waals surface area contributed by atoms with E-state index in [-0.39, 0.29) is 0 Å². The van der Waals surface area contributed by atoms with Gasteiger partial charge in [-0.15, -0.1) is 0 Å². The minimum atomic E-state index is -0.404. The first kappa shape index (κ1) is 11.7. The van der Waals surface area contributed by atoms with Gasteiger partial charge in [0.05, 0.1) is 24.3 Å². The molecule has 0 radical (unpaired) electrons. The second-order valence-corrected chi connectivity index (χ2v) is 3.57. The van der Waals surface area contributed by atoms with Crippen molar-refractivity contribution in [2.75, 3.05) is 7.11 Å². The van der Waals surface area contributed by atoms with E-state index in [9.17, 15) is 4.79 Å². The lowest BCUT2D eigenvalue weighted by Gasteiger charge is -2.09. The van der Waals surface area contributed by atoms with E-state index < -0.39 is 5.97 Å². The highest BCUT2D eigenvalue weighted by atomic mass is 79.9. The molecule has 4 heteroatoms. The van der Waals surface area contributed by atoms with Crippen LogP contribution in [0.15, 0.2) is 12.1 Å². The van der Waals surface area contributed by atoms with Gasteiger partial charge in [0.1, 0.15) is 0 Å². The average molecular weight is 268 g/mol. The average Bonchev–Trinajstić information content (AvgIpc) is 2.27. The Kier molecular flexibility index (Phi) is 3.87. The van der Waals surface area contributed by atoms with Gasteiger partial charge in [-0.25, -0.2) is 4.79 Å². The largest absolute Gasteiger partial charge is 0.465 e. The summed E-state index contributed by atoms with van der Waals surface area (Å²) in [6, 6.07) is 5.51. The van der Waals surface area contributed by atoms with Crippen molar-refractivity contribution in [3.63, 3.8) is 0 Å². The van der Waals surface area contributed by atoms with Crippen LogP contribution in [0.5, 0.6) is 0 Å². The number of methoxy groups -OCH3 is 1. The molecule has 0 saturated heterocycles. The smallest absolute Gasteiger partial charge is 0.338 e. The van der Waals surface area contributed by atoms with Crippen molar-refractivity contribution in [2.45, 2.75) is 12.3 Å². The van der Waals surface area contributed by atoms with E-state index in [0.717, 1.165) is 5.56 Å². The van der Waals surface area contributed by atoms with Gasteiger partial charge >= 0.3 is 5.97 Å². The van der Waals surface area contributed by atoms with E-state index in [4.69, 9.17) is 5.26 Å². The third-order valence-corrected chi connectivity index (χ3v) is 2.81. The number of esters is 1. The molecule has 78 valence electrons. The highest BCUT2D eigenvalue weighted by Crippen LogP contribution is 2.21. The van der Waals surface area contributed by atoms with Gasteiger partial charge in [0, 0.05) is 5.33 Å². The SMILES string of the molecule is COC(=O)c1c(CBr)ccc(C#N)c1C. The Hall–Kier alpha value is -1.34. The summed E-state index contributed by atoms with van der Waals surface area (Å²) in [7, 11) is 1.33. The Balaban J connectivity index is 3.44. The first-order valence-corrected chi connectivity index (χ1v) is 5.44. The second-order valence-electron chi connectivity index (χ2n) is 3.01. The van der Waals surface area contributed by atoms with E-state index in [0.29, 0.717) is 22.0 Å². The summed E-state index contributed by atoms with van der Waals surface area (Å²) < 4.78 is 4.69. The van der Waals surface area contributed by atoms with Crippen molar-refractivity contribution in [2.24, 2.45) is 0 Å². The molecule has 1 aromatic carbocycles. The second kappa shape index (κ2) is 4.94. The van der Waals surface area contributed by atoms with Crippen molar-refractivity contribution in [1.29, 1.82) is 5.26 Å². The summed E-state index contributed by atoms with van der Waals surface area (Å²) in [6.45, 7) is 1.75. The van der Waals surface area contributed by atoms with Gasteiger partial charge in [0.25, 0.3) is 0 Å². The number of nitrogens with zero attached hydrogens (tertiary/aromatic N) is 1. The number of ether oxygens (including phenoxy) is 1. The number of carbonyl (C=O) groups is 1. The molecular formula is C11H10BrNO2. The van der Waals surface area contributed by atoms with Crippen LogP contribution in [0.2, 0.25) is 0 Å². The molecule has 3 nitrogen and oxygen atoms in total. The molecular weight excluding hydrogens is 258 g/mol. The summed E-state index contributed by atoms with van der Waals surface area (Å²) in [5.41, 5.74) is 2.48. The monoisotopic (exact) mass is 267 g/mol. The lowest BCUT2D eigenvalue weighted by Crippen LogP contribution is -2.08. The van der Waals surface area contributed by atoms with Gasteiger partial charge < -0.3 is 4.74 Å². The van der Waals surface area contributed by atoms with Crippen molar-refractivity contribution < 1.29 is 9.53 Å². The van der Waals surface area contributed by atoms with Crippen LogP contribution in [0.25, 0.3) is 0 Å². The molecule has 15 heavy (non-hydrogen) atoms. The quantitative estimate of drug-likeness (QED) is 0.611. The molecule has 0 atom stereocenters. The molecule has 0 aromatic heterocycles. The number of carbonyl (C=O) groups excluding carboxylic acids is 1. The van der Waals surface area contributed by atoms with Gasteiger partial charge in [-0.2, -0.15) is 5.26 Å². The predicted molar refractivity (Wildman–Crippen MR) is 59.9 cm³/mol. The first-order chi connectivity index (χ1) is 7.15. The highest BCUT2D eigenvalue weighted by molar-refractivity contribution is 9.08. The van der Waals surface area contributed by atoms with Crippen LogP contribution < -0.4 is 0 Å². The maximum Gasteiger partial charge on any atom is 0.338 e. The number of hydrogen-bond donors (Lipinski definition) is 0. The molecule has 0 N–H and O–H groups in total. The number of hydrogen-bond acceptors (Lipinski definition) is 3. The number of rotatable bonds is 2. The Bertz CT molecular complexity index is 435. The zero-order valence-corrected chi connectivity index (χ0v) is 10.1. The third-order valence-electron chi connectivity index (χ3n) is 2.21. The van der Waals surface area contributed by atoms with Crippen molar-refractivity contribution in [1.82, 2.24) is 0 Å². The minimum Gasteiger partial charge on any atom is -0.465 e. The summed E-state index contributed by atoms with van der Waals surface area (Å²) >= 11 is 3.30. The van der Waals surface area contributed by atoms with Gasteiger partial charge in [-0.1, -0.05) is 22.0 Å². The van der Waals surface area contributed by atoms with Crippen LogP contribution in [0.1, 0.15) is 27.0 Å². The van der Waals surface area contributed by atoms with Crippen LogP contribution in [0, 0.1) is 18.3 Å². The minimum absolute atomic E-state index is 0.404. The van der Waals surface area contributed by atoms with Gasteiger partial charge in [0.15, 0.2) is 0 Å². The number of alkyl halides is 1. The van der Waals surface area contributed by atoms with Crippen molar-refractivity contribution >= 4 is 21.9 Å². The Morgan fingerprint density at radius 2 is 2.27 bits per heavy atom. The van der Waals surface area contributed by atoms with Crippen LogP contribution in [0.4, 0.5) is 0 Å². The number of benzene rings is 1. The molecule has 0 aliphatic heterocycles. The van der Waals surface area contributed by atoms with Crippen molar-refractivity contribution in [3.05, 3.63) is 34.4 Å². The molecule has 0 aliphatic rings. The molecule has 1 rings (SSSR count). The fourth-order valence-electron chi connectivity index (χ4n) is 1.39. The maximum atomic E-state index is 11.5. The molecule has 1 aromatic rings. The Labute approximate surface area is 96.8 Å². The predicted octanol–water partition coefficient (Wildman–Crippen LogP) is 2.55. The van der Waals surface area contributed by atoms with Crippen LogP contribution >= 0.6 is 15.9 Å². The van der Waals surface area contributed by atoms with Gasteiger partial charge in [0.2, 0.25) is 0 Å². The number of nitriles is 1. The molecule has 0 spiro atoms. The molecule has 0 bridgehead atoms. The molecule has 0 amide bonds. The molecule has 0 saturated carbocycles. The van der Waals surface area contributed by atoms with Crippen LogP contribution in [-0.4, -0.2) is 13.1 Å². The van der Waals surface area contributed by atoms with Crippen LogP contribution in [0.3, 0.4) is 0 Å². The summed E-state index contributed by atoms with van der Waals surface area (Å²) in [5.74, 6) is -0.404. The topological polar surface area (TPSA) is 50.1 Å². The lowest BCUT2D eigenvalue weighted by atomic mass is 9.98. The summed E-state index contributed by atoms with van der Waals surface area (Å²) in [5, 5.41) is 9.41. The van der Waals surface area contributed by atoms with E-state index in [1.54, 1.807) is 19.1 Å². The van der Waals surface area contributed by atoms with Gasteiger partial charge in [-0.05, 0) is 24.1 Å². The summed E-state index contributed by atoms with van der Waals surface area (Å²) in [4.78, 5) is 11.5. The third kappa shape index (κ3) is 2.18. The summed E-state index contributed by atoms with van der Waals surface area (Å²) in [6.07, 6.45) is 0. The van der Waals surface area contributed by atoms with Crippen molar-refractivity contribution in [3.8, 4) is 6.07 Å². The highest BCUT2D eigenvalue weighted by Gasteiger charge is 2.16. The normalized spacial score (nSPS) is 9.47. The fraction of sp³-hybridized carbons (Fsp3) is 0.273. The first-order valence-electron chi connectivity index (χ1n) is 4.32. The Morgan fingerprint density at radius 1 is 1.60 bits per heavy atom. The molecule has 0 heterocycles. The van der Waals surface area contributed by atoms with E-state index in [1.807, 2.05) is 6.07 Å². The fourth-order valence-corrected chi connectivity index (χ4v) is 1.85. The molecule has 0 unspecified atom stereocenters. The maximum absolute atomic E-state index is 11.5. The van der Waals surface area contributed by atoms with E-state index in [1.165, 1.54) is 7.11 Å². The Morgan fingerprint density at radius 3 is 2.73 bits per heavy atom. The van der Waals surface area contributed by atoms with E-state index in [2.05, 4.69) is 20.7 Å². The lowest BCUT2D eigenvalue weighted by molar-refractivity contribution is 0.0599. The zero-order valence-electron chi connectivity index (χ0n) is 8.50. The van der Waals surface area contributed by atoms with E-state index >= 15 is 0 Å². The van der Waals surface area contributed by atoms with Crippen LogP contribution in [-0.2, 0) is 10.1 Å². The standard InChI is InChI=1S/C11H10BrNO2/c1-7-9(6-13)4-3-8(5-12)10(7)11(14)15-2/h3-4H,5H2,1-2H3.